The zero-order chi connectivity index (χ0) is 12.3. The topological polar surface area (TPSA) is 38.3 Å². The SMILES string of the molecule is COCCCNC(=O)CCCc1ccccc1. The Morgan fingerprint density at radius 3 is 2.71 bits per heavy atom. The predicted molar refractivity (Wildman–Crippen MR) is 68.9 cm³/mol. The monoisotopic (exact) mass is 235 g/mol. The van der Waals surface area contributed by atoms with Gasteiger partial charge in [-0.3, -0.25) is 4.79 Å². The fraction of sp³-hybridized carbons (Fsp3) is 0.500. The van der Waals surface area contributed by atoms with Crippen LogP contribution < -0.4 is 5.32 Å². The fourth-order valence-corrected chi connectivity index (χ4v) is 1.63. The Morgan fingerprint density at radius 2 is 2.00 bits per heavy atom. The number of benzene rings is 1. The van der Waals surface area contributed by atoms with Gasteiger partial charge in [0, 0.05) is 26.7 Å². The molecule has 1 amide bonds. The maximum absolute atomic E-state index is 11.4. The van der Waals surface area contributed by atoms with Gasteiger partial charge in [0.1, 0.15) is 0 Å². The molecule has 0 aliphatic rings. The van der Waals surface area contributed by atoms with Crippen molar-refractivity contribution in [3.8, 4) is 0 Å². The van der Waals surface area contributed by atoms with Gasteiger partial charge in [-0.25, -0.2) is 0 Å². The van der Waals surface area contributed by atoms with Gasteiger partial charge in [0.15, 0.2) is 0 Å². The van der Waals surface area contributed by atoms with E-state index in [1.165, 1.54) is 5.56 Å². The van der Waals surface area contributed by atoms with Gasteiger partial charge >= 0.3 is 0 Å². The van der Waals surface area contributed by atoms with Gasteiger partial charge in [0.2, 0.25) is 5.91 Å². The molecule has 0 radical (unpaired) electrons. The highest BCUT2D eigenvalue weighted by molar-refractivity contribution is 5.75. The summed E-state index contributed by atoms with van der Waals surface area (Å²) in [6, 6.07) is 10.2. The molecule has 3 heteroatoms. The average molecular weight is 235 g/mol. The lowest BCUT2D eigenvalue weighted by Crippen LogP contribution is -2.24. The molecule has 17 heavy (non-hydrogen) atoms. The van der Waals surface area contributed by atoms with E-state index >= 15 is 0 Å². The minimum absolute atomic E-state index is 0.136. The molecule has 0 atom stereocenters. The van der Waals surface area contributed by atoms with Gasteiger partial charge in [0.25, 0.3) is 0 Å². The molecule has 0 saturated heterocycles. The zero-order valence-electron chi connectivity index (χ0n) is 10.4. The maximum Gasteiger partial charge on any atom is 0.220 e. The second kappa shape index (κ2) is 8.76. The molecular formula is C14H21NO2. The maximum atomic E-state index is 11.4. The van der Waals surface area contributed by atoms with E-state index in [1.54, 1.807) is 7.11 Å². The minimum Gasteiger partial charge on any atom is -0.385 e. The van der Waals surface area contributed by atoms with E-state index in [0.717, 1.165) is 19.3 Å². The first kappa shape index (κ1) is 13.7. The van der Waals surface area contributed by atoms with Crippen LogP contribution in [-0.2, 0) is 16.0 Å². The summed E-state index contributed by atoms with van der Waals surface area (Å²) in [6.45, 7) is 1.41. The van der Waals surface area contributed by atoms with Crippen molar-refractivity contribution in [3.05, 3.63) is 35.9 Å². The van der Waals surface area contributed by atoms with E-state index < -0.39 is 0 Å². The van der Waals surface area contributed by atoms with E-state index in [9.17, 15) is 4.79 Å². The first-order valence-corrected chi connectivity index (χ1v) is 6.12. The van der Waals surface area contributed by atoms with Crippen LogP contribution in [0.15, 0.2) is 30.3 Å². The van der Waals surface area contributed by atoms with Crippen molar-refractivity contribution in [1.82, 2.24) is 5.32 Å². The van der Waals surface area contributed by atoms with E-state index in [0.29, 0.717) is 19.6 Å². The Balaban J connectivity index is 2.04. The van der Waals surface area contributed by atoms with Crippen molar-refractivity contribution >= 4 is 5.91 Å². The number of aryl methyl sites for hydroxylation is 1. The summed E-state index contributed by atoms with van der Waals surface area (Å²) in [7, 11) is 1.67. The molecule has 1 rings (SSSR count). The molecule has 0 unspecified atom stereocenters. The Morgan fingerprint density at radius 1 is 1.24 bits per heavy atom. The van der Waals surface area contributed by atoms with Crippen molar-refractivity contribution in [3.63, 3.8) is 0 Å². The molecule has 3 nitrogen and oxygen atoms in total. The Kier molecular flexibility index (Phi) is 7.07. The Bertz CT molecular complexity index is 311. The van der Waals surface area contributed by atoms with Gasteiger partial charge in [-0.2, -0.15) is 0 Å². The third kappa shape index (κ3) is 6.74. The van der Waals surface area contributed by atoms with Crippen molar-refractivity contribution in [1.29, 1.82) is 0 Å². The standard InChI is InChI=1S/C14H21NO2/c1-17-12-6-11-15-14(16)10-5-9-13-7-3-2-4-8-13/h2-4,7-8H,5-6,9-12H2,1H3,(H,15,16). The minimum atomic E-state index is 0.136. The summed E-state index contributed by atoms with van der Waals surface area (Å²) in [4.78, 5) is 11.4. The molecular weight excluding hydrogens is 214 g/mol. The molecule has 0 aromatic heterocycles. The van der Waals surface area contributed by atoms with Crippen LogP contribution in [0.25, 0.3) is 0 Å². The number of hydrogen-bond donors (Lipinski definition) is 1. The van der Waals surface area contributed by atoms with Crippen molar-refractivity contribution < 1.29 is 9.53 Å². The second-order valence-electron chi connectivity index (χ2n) is 4.04. The van der Waals surface area contributed by atoms with Crippen LogP contribution >= 0.6 is 0 Å². The molecule has 0 bridgehead atoms. The molecule has 94 valence electrons. The highest BCUT2D eigenvalue weighted by Crippen LogP contribution is 2.04. The van der Waals surface area contributed by atoms with Crippen LogP contribution in [0.3, 0.4) is 0 Å². The Labute approximate surface area is 103 Å². The van der Waals surface area contributed by atoms with Crippen molar-refractivity contribution in [2.75, 3.05) is 20.3 Å². The summed E-state index contributed by atoms with van der Waals surface area (Å²) >= 11 is 0. The summed E-state index contributed by atoms with van der Waals surface area (Å²) in [5, 5.41) is 2.88. The highest BCUT2D eigenvalue weighted by Gasteiger charge is 2.00. The lowest BCUT2D eigenvalue weighted by Gasteiger charge is -2.04. The fourth-order valence-electron chi connectivity index (χ4n) is 1.63. The van der Waals surface area contributed by atoms with Crippen LogP contribution in [0.2, 0.25) is 0 Å². The largest absolute Gasteiger partial charge is 0.385 e. The van der Waals surface area contributed by atoms with E-state index in [-0.39, 0.29) is 5.91 Å². The highest BCUT2D eigenvalue weighted by atomic mass is 16.5. The van der Waals surface area contributed by atoms with Crippen LogP contribution in [-0.4, -0.2) is 26.2 Å². The molecule has 0 spiro atoms. The van der Waals surface area contributed by atoms with Crippen LogP contribution in [0.4, 0.5) is 0 Å². The summed E-state index contributed by atoms with van der Waals surface area (Å²) in [5.41, 5.74) is 1.29. The molecule has 1 aromatic carbocycles. The number of methoxy groups -OCH3 is 1. The number of carbonyl (C=O) groups excluding carboxylic acids is 1. The van der Waals surface area contributed by atoms with E-state index in [1.807, 2.05) is 18.2 Å². The van der Waals surface area contributed by atoms with E-state index in [2.05, 4.69) is 17.4 Å². The van der Waals surface area contributed by atoms with Crippen molar-refractivity contribution in [2.24, 2.45) is 0 Å². The average Bonchev–Trinajstić information content (AvgIpc) is 2.36. The molecule has 0 aliphatic heterocycles. The van der Waals surface area contributed by atoms with E-state index in [4.69, 9.17) is 4.74 Å². The second-order valence-corrected chi connectivity index (χ2v) is 4.04. The van der Waals surface area contributed by atoms with Crippen LogP contribution in [0.5, 0.6) is 0 Å². The van der Waals surface area contributed by atoms with Crippen molar-refractivity contribution in [2.45, 2.75) is 25.7 Å². The normalized spacial score (nSPS) is 10.2. The smallest absolute Gasteiger partial charge is 0.220 e. The number of carbonyl (C=O) groups is 1. The third-order valence-electron chi connectivity index (χ3n) is 2.56. The van der Waals surface area contributed by atoms with Gasteiger partial charge in [0.05, 0.1) is 0 Å². The number of hydrogen-bond acceptors (Lipinski definition) is 2. The van der Waals surface area contributed by atoms with Crippen LogP contribution in [0, 0.1) is 0 Å². The number of amides is 1. The van der Waals surface area contributed by atoms with Crippen LogP contribution in [0.1, 0.15) is 24.8 Å². The first-order chi connectivity index (χ1) is 8.33. The molecule has 1 N–H and O–H groups in total. The molecule has 0 fully saturated rings. The van der Waals surface area contributed by atoms with Gasteiger partial charge in [-0.1, -0.05) is 30.3 Å². The predicted octanol–water partition coefficient (Wildman–Crippen LogP) is 2.16. The zero-order valence-corrected chi connectivity index (χ0v) is 10.4. The lowest BCUT2D eigenvalue weighted by atomic mass is 10.1. The molecule has 0 saturated carbocycles. The quantitative estimate of drug-likeness (QED) is 0.701. The lowest BCUT2D eigenvalue weighted by molar-refractivity contribution is -0.121. The number of nitrogens with one attached hydrogen (secondary N) is 1. The number of rotatable bonds is 8. The Hall–Kier alpha value is -1.35. The first-order valence-electron chi connectivity index (χ1n) is 6.12. The molecule has 0 aliphatic carbocycles. The van der Waals surface area contributed by atoms with Gasteiger partial charge in [-0.05, 0) is 24.8 Å². The summed E-state index contributed by atoms with van der Waals surface area (Å²) in [5.74, 6) is 0.136. The molecule has 1 aromatic rings. The number of ether oxygens (including phenoxy) is 1. The van der Waals surface area contributed by atoms with Gasteiger partial charge < -0.3 is 10.1 Å². The summed E-state index contributed by atoms with van der Waals surface area (Å²) in [6.07, 6.45) is 3.34. The third-order valence-corrected chi connectivity index (χ3v) is 2.56. The summed E-state index contributed by atoms with van der Waals surface area (Å²) < 4.78 is 4.91. The molecule has 0 heterocycles. The van der Waals surface area contributed by atoms with Gasteiger partial charge in [-0.15, -0.1) is 0 Å².